The van der Waals surface area contributed by atoms with Crippen molar-refractivity contribution in [2.45, 2.75) is 412 Å². The second kappa shape index (κ2) is 64.5. The maximum Gasteiger partial charge on any atom is 0.255 e. The summed E-state index contributed by atoms with van der Waals surface area (Å²) in [6, 6.07) is 5.43. The number of nitrogens with one attached hydrogen (secondary N) is 2. The number of amides is 2. The third-order valence-corrected chi connectivity index (χ3v) is 17.6. The molecule has 0 atom stereocenters. The van der Waals surface area contributed by atoms with Crippen molar-refractivity contribution in [3.63, 3.8) is 0 Å². The first-order valence-corrected chi connectivity index (χ1v) is 37.0. The van der Waals surface area contributed by atoms with Crippen LogP contribution in [0.4, 0.5) is 0 Å². The Morgan fingerprint density at radius 3 is 0.738 bits per heavy atom. The van der Waals surface area contributed by atoms with Gasteiger partial charge < -0.3 is 15.4 Å². The van der Waals surface area contributed by atoms with Crippen LogP contribution in [0.25, 0.3) is 0 Å². The molecule has 0 fully saturated rings. The molecular weight excluding hydrogens is 977 g/mol. The molecule has 0 saturated carbocycles. The van der Waals surface area contributed by atoms with Gasteiger partial charge in [-0.25, -0.2) is 0 Å². The van der Waals surface area contributed by atoms with E-state index >= 15 is 0 Å². The molecule has 1 aromatic carbocycles. The molecule has 5 nitrogen and oxygen atoms in total. The van der Waals surface area contributed by atoms with Crippen LogP contribution in [0.2, 0.25) is 0 Å². The first kappa shape index (κ1) is 76.0. The van der Waals surface area contributed by atoms with Crippen molar-refractivity contribution in [1.82, 2.24) is 10.6 Å². The van der Waals surface area contributed by atoms with E-state index in [2.05, 4.69) is 31.4 Å². The topological polar surface area (TPSA) is 67.4 Å². The molecule has 0 heterocycles. The van der Waals surface area contributed by atoms with Crippen LogP contribution in [-0.2, 0) is 0 Å². The smallest absolute Gasteiger partial charge is 0.255 e. The normalized spacial score (nSPS) is 11.5. The van der Waals surface area contributed by atoms with Crippen LogP contribution in [0.1, 0.15) is 433 Å². The summed E-state index contributed by atoms with van der Waals surface area (Å²) >= 11 is 0. The van der Waals surface area contributed by atoms with Gasteiger partial charge in [-0.2, -0.15) is 0 Å². The van der Waals surface area contributed by atoms with E-state index < -0.39 is 0 Å². The van der Waals surface area contributed by atoms with E-state index in [1.165, 1.54) is 353 Å². The first-order chi connectivity index (χ1) is 39.6. The number of ether oxygens (including phenoxy) is 1. The Balaban J connectivity index is 2.24. The van der Waals surface area contributed by atoms with Gasteiger partial charge in [0.15, 0.2) is 0 Å². The quantitative estimate of drug-likeness (QED) is 0.0639. The molecule has 1 aromatic rings. The molecule has 0 aliphatic carbocycles. The van der Waals surface area contributed by atoms with Gasteiger partial charge in [0.1, 0.15) is 5.75 Å². The Bertz CT molecular complexity index is 1400. The van der Waals surface area contributed by atoms with E-state index in [1.807, 2.05) is 18.2 Å². The van der Waals surface area contributed by atoms with Gasteiger partial charge in [-0.3, -0.25) is 9.59 Å². The molecule has 0 bridgehead atoms. The molecule has 0 aliphatic heterocycles. The molecule has 2 N–H and O–H groups in total. The first-order valence-electron chi connectivity index (χ1n) is 37.0. The van der Waals surface area contributed by atoms with Gasteiger partial charge in [-0.1, -0.05) is 393 Å². The second-order valence-corrected chi connectivity index (χ2v) is 25.6. The summed E-state index contributed by atoms with van der Waals surface area (Å²) in [5, 5.41) is 6.34. The Morgan fingerprint density at radius 2 is 0.487 bits per heavy atom. The number of carbonyl (C=O) groups is 2. The van der Waals surface area contributed by atoms with Crippen molar-refractivity contribution in [3.05, 3.63) is 29.3 Å². The molecule has 0 aromatic heterocycles. The highest BCUT2D eigenvalue weighted by Gasteiger charge is 2.16. The van der Waals surface area contributed by atoms with Gasteiger partial charge in [-0.15, -0.1) is 0 Å². The number of hydrogen-bond acceptors (Lipinski definition) is 3. The number of benzene rings is 1. The van der Waals surface area contributed by atoms with Gasteiger partial charge in [0.25, 0.3) is 11.8 Å². The van der Waals surface area contributed by atoms with Crippen LogP contribution in [-0.4, -0.2) is 31.5 Å². The molecule has 2 amide bonds. The third-order valence-electron chi connectivity index (χ3n) is 17.6. The Hall–Kier alpha value is -2.04. The molecule has 0 spiro atoms. The summed E-state index contributed by atoms with van der Waals surface area (Å²) in [5.41, 5.74) is 1.13. The lowest BCUT2D eigenvalue weighted by molar-refractivity contribution is 0.0937. The Morgan fingerprint density at radius 1 is 0.275 bits per heavy atom. The highest BCUT2D eigenvalue weighted by atomic mass is 16.5. The number of rotatable bonds is 67. The van der Waals surface area contributed by atoms with Crippen LogP contribution in [0.3, 0.4) is 0 Å². The number of unbranched alkanes of at least 4 members (excludes halogenated alkanes) is 58. The van der Waals surface area contributed by atoms with Gasteiger partial charge in [-0.05, 0) is 37.5 Å². The zero-order valence-electron chi connectivity index (χ0n) is 54.7. The molecule has 0 saturated heterocycles. The maximum absolute atomic E-state index is 13.5. The van der Waals surface area contributed by atoms with E-state index in [0.717, 1.165) is 38.5 Å². The van der Waals surface area contributed by atoms with Crippen molar-refractivity contribution in [2.75, 3.05) is 19.7 Å². The van der Waals surface area contributed by atoms with Crippen LogP contribution >= 0.6 is 0 Å². The lowest BCUT2D eigenvalue weighted by Crippen LogP contribution is -2.26. The highest BCUT2D eigenvalue weighted by molar-refractivity contribution is 6.00. The summed E-state index contributed by atoms with van der Waals surface area (Å²) in [6.45, 7) is 8.84. The lowest BCUT2D eigenvalue weighted by Gasteiger charge is -2.14. The minimum absolute atomic E-state index is 0.0722. The van der Waals surface area contributed by atoms with Crippen molar-refractivity contribution in [2.24, 2.45) is 0 Å². The SMILES string of the molecule is CCCCCCCCCCCCCCCCCCCCCCCCCCNC(=O)c1ccc(C(=O)NCCCCCCCCCCCCCCCCCCCCCCCCCC)c(OCCCCCCCCCCCCCCC)c1. The van der Waals surface area contributed by atoms with Crippen molar-refractivity contribution in [3.8, 4) is 5.75 Å². The van der Waals surface area contributed by atoms with Crippen LogP contribution < -0.4 is 15.4 Å². The van der Waals surface area contributed by atoms with E-state index in [1.54, 1.807) is 0 Å². The predicted octanol–water partition coefficient (Wildman–Crippen LogP) is 25.4. The zero-order chi connectivity index (χ0) is 57.4. The van der Waals surface area contributed by atoms with E-state index in [-0.39, 0.29) is 11.8 Å². The summed E-state index contributed by atoms with van der Waals surface area (Å²) < 4.78 is 6.33. The Labute approximate surface area is 501 Å². The number of carbonyl (C=O) groups excluding carboxylic acids is 2. The van der Waals surface area contributed by atoms with Crippen molar-refractivity contribution in [1.29, 1.82) is 0 Å². The molecule has 470 valence electrons. The zero-order valence-corrected chi connectivity index (χ0v) is 54.7. The second-order valence-electron chi connectivity index (χ2n) is 25.6. The standard InChI is InChI=1S/C75H142N2O3/c1-4-7-10-13-16-19-22-25-27-29-31-33-35-37-39-41-43-45-47-50-53-56-59-62-67-76-74(78)71-65-66-72(73(70-71)80-69-64-61-58-55-52-49-24-21-18-15-12-9-6-3)75(79)77-68-63-60-57-54-51-48-46-44-42-40-38-36-34-32-30-28-26-23-20-17-14-11-8-5-2/h65-66,70H,4-64,67-69H2,1-3H3,(H,76,78)(H,77,79). The molecule has 0 unspecified atom stereocenters. The largest absolute Gasteiger partial charge is 0.493 e. The molecular formula is C75H142N2O3. The van der Waals surface area contributed by atoms with E-state index in [4.69, 9.17) is 4.74 Å². The third kappa shape index (κ3) is 53.9. The fourth-order valence-electron chi connectivity index (χ4n) is 12.0. The van der Waals surface area contributed by atoms with E-state index in [0.29, 0.717) is 36.6 Å². The fourth-order valence-corrected chi connectivity index (χ4v) is 12.0. The van der Waals surface area contributed by atoms with Gasteiger partial charge in [0.05, 0.1) is 12.2 Å². The lowest BCUT2D eigenvalue weighted by atomic mass is 10.0. The van der Waals surface area contributed by atoms with Crippen molar-refractivity contribution < 1.29 is 14.3 Å². The molecule has 0 radical (unpaired) electrons. The van der Waals surface area contributed by atoms with Crippen LogP contribution in [0.5, 0.6) is 5.75 Å². The average molecular weight is 1120 g/mol. The van der Waals surface area contributed by atoms with E-state index in [9.17, 15) is 9.59 Å². The summed E-state index contributed by atoms with van der Waals surface area (Å²) in [4.78, 5) is 26.9. The van der Waals surface area contributed by atoms with Crippen LogP contribution in [0, 0.1) is 0 Å². The predicted molar refractivity (Wildman–Crippen MR) is 355 cm³/mol. The molecule has 1 rings (SSSR count). The summed E-state index contributed by atoms with van der Waals surface area (Å²) in [5.74, 6) is 0.382. The number of hydrogen-bond donors (Lipinski definition) is 2. The summed E-state index contributed by atoms with van der Waals surface area (Å²) in [7, 11) is 0. The minimum Gasteiger partial charge on any atom is -0.493 e. The average Bonchev–Trinajstić information content (AvgIpc) is 3.47. The summed E-state index contributed by atoms with van der Waals surface area (Å²) in [6.07, 6.45) is 83.5. The maximum atomic E-state index is 13.5. The highest BCUT2D eigenvalue weighted by Crippen LogP contribution is 2.23. The van der Waals surface area contributed by atoms with Crippen LogP contribution in [0.15, 0.2) is 18.2 Å². The molecule has 5 heteroatoms. The van der Waals surface area contributed by atoms with Gasteiger partial charge >= 0.3 is 0 Å². The van der Waals surface area contributed by atoms with Crippen molar-refractivity contribution >= 4 is 11.8 Å². The molecule has 80 heavy (non-hydrogen) atoms. The minimum atomic E-state index is -0.0911. The Kier molecular flexibility index (Phi) is 61.3. The van der Waals surface area contributed by atoms with Gasteiger partial charge in [0.2, 0.25) is 0 Å². The van der Waals surface area contributed by atoms with Gasteiger partial charge in [0, 0.05) is 18.7 Å². The fraction of sp³-hybridized carbons (Fsp3) is 0.893. The molecule has 0 aliphatic rings. The monoisotopic (exact) mass is 1120 g/mol.